The van der Waals surface area contributed by atoms with Crippen molar-refractivity contribution >= 4 is 23.4 Å². The topological polar surface area (TPSA) is 74.8 Å². The van der Waals surface area contributed by atoms with Gasteiger partial charge in [0.2, 0.25) is 0 Å². The van der Waals surface area contributed by atoms with Gasteiger partial charge in [0.1, 0.15) is 18.2 Å². The van der Waals surface area contributed by atoms with E-state index in [9.17, 15) is 14.0 Å². The molecule has 3 aromatic carbocycles. The number of aryl methyl sites for hydroxylation is 2. The summed E-state index contributed by atoms with van der Waals surface area (Å²) in [6.07, 6.45) is 1.90. The minimum atomic E-state index is -0.646. The predicted octanol–water partition coefficient (Wildman–Crippen LogP) is 6.23. The summed E-state index contributed by atoms with van der Waals surface area (Å²) in [7, 11) is 0. The van der Waals surface area contributed by atoms with Crippen LogP contribution in [0.2, 0.25) is 0 Å². The molecule has 7 nitrogen and oxygen atoms in total. The maximum atomic E-state index is 14.1. The number of carbonyl (C=O) groups excluding carboxylic acids is 1. The molecule has 0 amide bonds. The average molecular weight is 636 g/mol. The summed E-state index contributed by atoms with van der Waals surface area (Å²) in [6.45, 7) is 10.1. The van der Waals surface area contributed by atoms with Crippen LogP contribution in [0.25, 0.3) is 11.8 Å². The lowest BCUT2D eigenvalue weighted by molar-refractivity contribution is -0.139. The molecule has 5 aromatic rings. The summed E-state index contributed by atoms with van der Waals surface area (Å²) in [5, 5.41) is 0. The van der Waals surface area contributed by atoms with E-state index in [0.29, 0.717) is 26.4 Å². The van der Waals surface area contributed by atoms with E-state index in [1.807, 2.05) is 81.4 Å². The number of hydrogen-bond donors (Lipinski definition) is 0. The molecule has 2 aromatic heterocycles. The Bertz CT molecular complexity index is 2160. The molecule has 1 aliphatic rings. The number of hydrogen-bond acceptors (Lipinski definition) is 6. The fraction of sp³-hybridized carbons (Fsp3) is 0.216. The van der Waals surface area contributed by atoms with Crippen molar-refractivity contribution in [2.24, 2.45) is 4.99 Å². The molecule has 0 spiro atoms. The fourth-order valence-electron chi connectivity index (χ4n) is 5.81. The number of benzene rings is 3. The van der Waals surface area contributed by atoms with Crippen molar-refractivity contribution in [1.82, 2.24) is 9.13 Å². The van der Waals surface area contributed by atoms with Crippen molar-refractivity contribution in [1.29, 1.82) is 0 Å². The largest absolute Gasteiger partial charge is 0.489 e. The highest BCUT2D eigenvalue weighted by Crippen LogP contribution is 2.31. The number of esters is 1. The van der Waals surface area contributed by atoms with Gasteiger partial charge in [-0.05, 0) is 99.8 Å². The molecule has 0 saturated heterocycles. The van der Waals surface area contributed by atoms with Gasteiger partial charge < -0.3 is 14.0 Å². The molecule has 0 unspecified atom stereocenters. The monoisotopic (exact) mass is 635 g/mol. The van der Waals surface area contributed by atoms with E-state index in [1.54, 1.807) is 24.5 Å². The van der Waals surface area contributed by atoms with Crippen molar-refractivity contribution in [3.63, 3.8) is 0 Å². The van der Waals surface area contributed by atoms with E-state index >= 15 is 0 Å². The second-order valence-electron chi connectivity index (χ2n) is 11.3. The summed E-state index contributed by atoms with van der Waals surface area (Å²) in [4.78, 5) is 32.4. The molecule has 46 heavy (non-hydrogen) atoms. The molecular weight excluding hydrogens is 601 g/mol. The summed E-state index contributed by atoms with van der Waals surface area (Å²) in [5.74, 6) is -0.0864. The molecule has 9 heteroatoms. The van der Waals surface area contributed by atoms with E-state index in [1.165, 1.54) is 23.5 Å². The molecule has 3 heterocycles. The van der Waals surface area contributed by atoms with Crippen LogP contribution in [0.15, 0.2) is 99.9 Å². The third kappa shape index (κ3) is 5.98. The standard InChI is InChI=1S/C37H34FN3O4S/c1-6-44-36(43)33-24(4)39-37-41(34(33)27-12-10-22(2)11-13-27)35(42)32(46-37)20-28-18-23(3)40(25(28)5)30-14-16-31(17-15-30)45-21-26-8-7-9-29(38)19-26/h7-20,34H,6,21H2,1-5H3/b32-20-/t34-/m1/s1. The predicted molar refractivity (Wildman–Crippen MR) is 178 cm³/mol. The first-order valence-corrected chi connectivity index (χ1v) is 15.9. The van der Waals surface area contributed by atoms with Gasteiger partial charge in [0.25, 0.3) is 5.56 Å². The number of nitrogens with zero attached hydrogens (tertiary/aromatic N) is 3. The van der Waals surface area contributed by atoms with Gasteiger partial charge in [-0.2, -0.15) is 0 Å². The van der Waals surface area contributed by atoms with Crippen molar-refractivity contribution in [2.45, 2.75) is 47.3 Å². The van der Waals surface area contributed by atoms with Crippen molar-refractivity contribution in [3.05, 3.63) is 149 Å². The lowest BCUT2D eigenvalue weighted by atomic mass is 9.95. The molecule has 0 bridgehead atoms. The van der Waals surface area contributed by atoms with Crippen LogP contribution in [0, 0.1) is 26.6 Å². The molecule has 0 aliphatic carbocycles. The van der Waals surface area contributed by atoms with Crippen LogP contribution in [0.5, 0.6) is 5.75 Å². The maximum Gasteiger partial charge on any atom is 0.338 e. The zero-order chi connectivity index (χ0) is 32.5. The Hall–Kier alpha value is -5.02. The molecule has 0 fully saturated rings. The molecular formula is C37H34FN3O4S. The molecule has 1 aliphatic heterocycles. The van der Waals surface area contributed by atoms with Crippen LogP contribution < -0.4 is 19.6 Å². The summed E-state index contributed by atoms with van der Waals surface area (Å²) >= 11 is 1.31. The number of halogens is 1. The molecule has 6 rings (SSSR count). The Kier molecular flexibility index (Phi) is 8.60. The van der Waals surface area contributed by atoms with E-state index in [4.69, 9.17) is 14.5 Å². The van der Waals surface area contributed by atoms with Gasteiger partial charge in [-0.25, -0.2) is 14.2 Å². The first kappa shape index (κ1) is 31.0. The minimum Gasteiger partial charge on any atom is -0.489 e. The number of allylic oxidation sites excluding steroid dienone is 1. The Morgan fingerprint density at radius 2 is 1.74 bits per heavy atom. The van der Waals surface area contributed by atoms with Gasteiger partial charge in [-0.3, -0.25) is 9.36 Å². The Balaban J connectivity index is 1.35. The number of fused-ring (bicyclic) bond motifs is 1. The Labute approximate surface area is 270 Å². The highest BCUT2D eigenvalue weighted by atomic mass is 32.1. The van der Waals surface area contributed by atoms with E-state index in [0.717, 1.165) is 39.3 Å². The zero-order valence-electron chi connectivity index (χ0n) is 26.3. The second-order valence-corrected chi connectivity index (χ2v) is 12.3. The van der Waals surface area contributed by atoms with E-state index < -0.39 is 12.0 Å². The summed E-state index contributed by atoms with van der Waals surface area (Å²) < 4.78 is 29.0. The zero-order valence-corrected chi connectivity index (χ0v) is 27.2. The molecule has 1 atom stereocenters. The molecule has 0 N–H and O–H groups in total. The second kappa shape index (κ2) is 12.8. The van der Waals surface area contributed by atoms with Crippen LogP contribution in [-0.2, 0) is 16.1 Å². The SMILES string of the molecule is CCOC(=O)C1=C(C)N=c2s/c(=C\c3cc(C)n(-c4ccc(OCc5cccc(F)c5)cc4)c3C)c(=O)n2[C@@H]1c1ccc(C)cc1. The quantitative estimate of drug-likeness (QED) is 0.190. The normalized spacial score (nSPS) is 14.7. The highest BCUT2D eigenvalue weighted by Gasteiger charge is 2.33. The number of ether oxygens (including phenoxy) is 2. The van der Waals surface area contributed by atoms with Crippen molar-refractivity contribution in [2.75, 3.05) is 6.61 Å². The summed E-state index contributed by atoms with van der Waals surface area (Å²) in [6, 6.07) is 23.3. The van der Waals surface area contributed by atoms with Gasteiger partial charge in [-0.15, -0.1) is 0 Å². The Morgan fingerprint density at radius 3 is 2.43 bits per heavy atom. The van der Waals surface area contributed by atoms with Crippen LogP contribution in [-0.4, -0.2) is 21.7 Å². The number of rotatable bonds is 8. The van der Waals surface area contributed by atoms with Crippen LogP contribution in [0.3, 0.4) is 0 Å². The third-order valence-electron chi connectivity index (χ3n) is 8.06. The third-order valence-corrected chi connectivity index (χ3v) is 9.04. The first-order valence-electron chi connectivity index (χ1n) is 15.1. The average Bonchev–Trinajstić information content (AvgIpc) is 3.49. The molecule has 0 radical (unpaired) electrons. The lowest BCUT2D eigenvalue weighted by Gasteiger charge is -2.24. The smallest absolute Gasteiger partial charge is 0.338 e. The highest BCUT2D eigenvalue weighted by molar-refractivity contribution is 7.07. The maximum absolute atomic E-state index is 14.1. The van der Waals surface area contributed by atoms with Gasteiger partial charge in [0, 0.05) is 17.1 Å². The Morgan fingerprint density at radius 1 is 1.00 bits per heavy atom. The van der Waals surface area contributed by atoms with Crippen LogP contribution in [0.4, 0.5) is 4.39 Å². The minimum absolute atomic E-state index is 0.215. The number of carbonyl (C=O) groups is 1. The summed E-state index contributed by atoms with van der Waals surface area (Å²) in [5.41, 5.74) is 7.17. The van der Waals surface area contributed by atoms with Gasteiger partial charge in [0.15, 0.2) is 4.80 Å². The van der Waals surface area contributed by atoms with Gasteiger partial charge in [0.05, 0.1) is 28.5 Å². The van der Waals surface area contributed by atoms with E-state index in [-0.39, 0.29) is 24.6 Å². The number of thiazole rings is 1. The van der Waals surface area contributed by atoms with E-state index in [2.05, 4.69) is 10.6 Å². The molecule has 0 saturated carbocycles. The van der Waals surface area contributed by atoms with Gasteiger partial charge in [-0.1, -0.05) is 53.3 Å². The van der Waals surface area contributed by atoms with Gasteiger partial charge >= 0.3 is 5.97 Å². The van der Waals surface area contributed by atoms with Crippen LogP contribution >= 0.6 is 11.3 Å². The van der Waals surface area contributed by atoms with Crippen LogP contribution in [0.1, 0.15) is 53.5 Å². The number of aromatic nitrogens is 2. The van der Waals surface area contributed by atoms with Crippen molar-refractivity contribution < 1.29 is 18.7 Å². The lowest BCUT2D eigenvalue weighted by Crippen LogP contribution is -2.39. The first-order chi connectivity index (χ1) is 22.1. The fourth-order valence-corrected chi connectivity index (χ4v) is 6.85. The molecule has 234 valence electrons. The van der Waals surface area contributed by atoms with Crippen molar-refractivity contribution in [3.8, 4) is 11.4 Å².